The molecule has 1 aromatic carbocycles. The Morgan fingerprint density at radius 2 is 2.33 bits per heavy atom. The highest BCUT2D eigenvalue weighted by molar-refractivity contribution is 6.31. The summed E-state index contributed by atoms with van der Waals surface area (Å²) in [4.78, 5) is 13.4. The smallest absolute Gasteiger partial charge is 0.234 e. The van der Waals surface area contributed by atoms with Gasteiger partial charge in [0.1, 0.15) is 5.84 Å². The summed E-state index contributed by atoms with van der Waals surface area (Å²) in [6.07, 6.45) is 0.399. The molecular weight excluding hydrogens is 176 g/mol. The Bertz CT molecular complexity index is 323. The molecule has 0 unspecified atom stereocenters. The minimum atomic E-state index is 0.174. The second-order valence-corrected chi connectivity index (χ2v) is 2.57. The number of carbonyl (C=O) groups is 1. The van der Waals surface area contributed by atoms with Crippen LogP contribution >= 0.6 is 11.6 Å². The van der Waals surface area contributed by atoms with Gasteiger partial charge < -0.3 is 5.73 Å². The molecule has 0 aliphatic rings. The number of halogens is 1. The highest BCUT2D eigenvalue weighted by Crippen LogP contribution is 2.09. The van der Waals surface area contributed by atoms with Crippen LogP contribution in [0.1, 0.15) is 5.56 Å². The van der Waals surface area contributed by atoms with Crippen LogP contribution in [-0.4, -0.2) is 12.2 Å². The largest absolute Gasteiger partial charge is 0.383 e. The molecular formula is C8H7ClN2O. The Labute approximate surface area is 74.9 Å². The second-order valence-electron chi connectivity index (χ2n) is 2.13. The third-order valence-electron chi connectivity index (χ3n) is 1.31. The van der Waals surface area contributed by atoms with Gasteiger partial charge in [0.25, 0.3) is 0 Å². The number of nitrogens with two attached hydrogens (primary N) is 1. The summed E-state index contributed by atoms with van der Waals surface area (Å²) in [6.45, 7) is 0. The Hall–Kier alpha value is -1.35. The van der Waals surface area contributed by atoms with Crippen molar-refractivity contribution < 1.29 is 4.79 Å². The van der Waals surface area contributed by atoms with Gasteiger partial charge in [0.15, 0.2) is 0 Å². The molecule has 0 fully saturated rings. The van der Waals surface area contributed by atoms with Crippen molar-refractivity contribution in [1.82, 2.24) is 0 Å². The number of amidine groups is 1. The molecule has 0 atom stereocenters. The number of amides is 1. The van der Waals surface area contributed by atoms with Crippen LogP contribution in [0.5, 0.6) is 0 Å². The first-order chi connectivity index (χ1) is 5.74. The van der Waals surface area contributed by atoms with Gasteiger partial charge in [-0.15, -0.1) is 0 Å². The minimum Gasteiger partial charge on any atom is -0.383 e. The molecule has 62 valence electrons. The highest BCUT2D eigenvalue weighted by atomic mass is 35.5. The third-order valence-corrected chi connectivity index (χ3v) is 1.55. The molecule has 4 heteroatoms. The maximum Gasteiger partial charge on any atom is 0.234 e. The van der Waals surface area contributed by atoms with Crippen molar-refractivity contribution in [2.24, 2.45) is 10.7 Å². The van der Waals surface area contributed by atoms with Gasteiger partial charge >= 0.3 is 0 Å². The zero-order valence-corrected chi connectivity index (χ0v) is 6.95. The van der Waals surface area contributed by atoms with Crippen LogP contribution in [0.4, 0.5) is 0 Å². The van der Waals surface area contributed by atoms with Crippen LogP contribution in [0.2, 0.25) is 5.02 Å². The summed E-state index contributed by atoms with van der Waals surface area (Å²) in [5, 5.41) is 0.566. The summed E-state index contributed by atoms with van der Waals surface area (Å²) in [7, 11) is 0. The average molecular weight is 183 g/mol. The molecule has 0 spiro atoms. The van der Waals surface area contributed by atoms with Crippen LogP contribution in [-0.2, 0) is 4.79 Å². The number of carbonyl (C=O) groups excluding carboxylic acids is 1. The minimum absolute atomic E-state index is 0.174. The summed E-state index contributed by atoms with van der Waals surface area (Å²) < 4.78 is 0. The standard InChI is InChI=1S/C8H7ClN2O/c9-7-3-1-2-6(4-7)8(10)11-5-12/h1-5H,(H2,10,11,12). The monoisotopic (exact) mass is 182 g/mol. The van der Waals surface area contributed by atoms with Gasteiger partial charge in [0.2, 0.25) is 6.41 Å². The number of benzene rings is 1. The molecule has 0 aliphatic heterocycles. The van der Waals surface area contributed by atoms with Crippen LogP contribution in [0.3, 0.4) is 0 Å². The van der Waals surface area contributed by atoms with E-state index in [4.69, 9.17) is 17.3 Å². The molecule has 0 heterocycles. The quantitative estimate of drug-likeness (QED) is 0.425. The van der Waals surface area contributed by atoms with Crippen molar-refractivity contribution in [2.75, 3.05) is 0 Å². The predicted octanol–water partition coefficient (Wildman–Crippen LogP) is 1.20. The van der Waals surface area contributed by atoms with Crippen molar-refractivity contribution >= 4 is 23.8 Å². The van der Waals surface area contributed by atoms with Crippen molar-refractivity contribution in [3.63, 3.8) is 0 Å². The van der Waals surface area contributed by atoms with Gasteiger partial charge in [-0.25, -0.2) is 0 Å². The molecule has 0 saturated heterocycles. The highest BCUT2D eigenvalue weighted by Gasteiger charge is 1.97. The third kappa shape index (κ3) is 2.07. The topological polar surface area (TPSA) is 55.4 Å². The Kier molecular flexibility index (Phi) is 2.82. The van der Waals surface area contributed by atoms with E-state index in [9.17, 15) is 4.79 Å². The normalized spacial score (nSPS) is 11.2. The fourth-order valence-electron chi connectivity index (χ4n) is 0.779. The molecule has 12 heavy (non-hydrogen) atoms. The van der Waals surface area contributed by atoms with E-state index < -0.39 is 0 Å². The van der Waals surface area contributed by atoms with Crippen LogP contribution in [0.15, 0.2) is 29.3 Å². The molecule has 2 N–H and O–H groups in total. The van der Waals surface area contributed by atoms with Gasteiger partial charge in [0.05, 0.1) is 0 Å². The molecule has 1 rings (SSSR count). The summed E-state index contributed by atoms with van der Waals surface area (Å²) in [5.74, 6) is 0.174. The first-order valence-electron chi connectivity index (χ1n) is 3.27. The predicted molar refractivity (Wildman–Crippen MR) is 48.2 cm³/mol. The van der Waals surface area contributed by atoms with Crippen LogP contribution < -0.4 is 5.73 Å². The number of hydrogen-bond acceptors (Lipinski definition) is 1. The maximum atomic E-state index is 9.97. The second kappa shape index (κ2) is 3.88. The van der Waals surface area contributed by atoms with Gasteiger partial charge in [-0.3, -0.25) is 4.79 Å². The van der Waals surface area contributed by atoms with E-state index in [0.29, 0.717) is 17.0 Å². The lowest BCUT2D eigenvalue weighted by Gasteiger charge is -1.97. The maximum absolute atomic E-state index is 9.97. The summed E-state index contributed by atoms with van der Waals surface area (Å²) in [6, 6.07) is 6.84. The molecule has 0 saturated carbocycles. The molecule has 0 aromatic heterocycles. The molecule has 3 nitrogen and oxygen atoms in total. The van der Waals surface area contributed by atoms with E-state index in [1.54, 1.807) is 24.3 Å². The molecule has 0 aliphatic carbocycles. The zero-order valence-electron chi connectivity index (χ0n) is 6.20. The molecule has 1 amide bonds. The first kappa shape index (κ1) is 8.74. The van der Waals surface area contributed by atoms with Gasteiger partial charge in [0, 0.05) is 10.6 Å². The Morgan fingerprint density at radius 1 is 1.58 bits per heavy atom. The zero-order chi connectivity index (χ0) is 8.97. The van der Waals surface area contributed by atoms with E-state index >= 15 is 0 Å². The first-order valence-corrected chi connectivity index (χ1v) is 3.64. The SMILES string of the molecule is NC(=NC=O)c1cccc(Cl)c1. The van der Waals surface area contributed by atoms with E-state index in [1.165, 1.54) is 0 Å². The molecule has 1 aromatic rings. The Balaban J connectivity index is 3.03. The van der Waals surface area contributed by atoms with E-state index in [0.717, 1.165) is 0 Å². The van der Waals surface area contributed by atoms with Crippen molar-refractivity contribution in [3.05, 3.63) is 34.9 Å². The van der Waals surface area contributed by atoms with Crippen LogP contribution in [0, 0.1) is 0 Å². The van der Waals surface area contributed by atoms with Crippen LogP contribution in [0.25, 0.3) is 0 Å². The average Bonchev–Trinajstić information content (AvgIpc) is 2.05. The number of aliphatic imine (C=N–C) groups is 1. The van der Waals surface area contributed by atoms with Gasteiger partial charge in [-0.05, 0) is 12.1 Å². The molecule has 0 radical (unpaired) electrons. The van der Waals surface area contributed by atoms with E-state index in [2.05, 4.69) is 4.99 Å². The Morgan fingerprint density at radius 3 is 2.92 bits per heavy atom. The lowest BCUT2D eigenvalue weighted by molar-refractivity contribution is -0.106. The van der Waals surface area contributed by atoms with Gasteiger partial charge in [-0.2, -0.15) is 4.99 Å². The number of rotatable bonds is 2. The number of nitrogens with zero attached hydrogens (tertiary/aromatic N) is 1. The fourth-order valence-corrected chi connectivity index (χ4v) is 0.969. The summed E-state index contributed by atoms with van der Waals surface area (Å²) in [5.41, 5.74) is 6.08. The number of hydrogen-bond donors (Lipinski definition) is 1. The summed E-state index contributed by atoms with van der Waals surface area (Å²) >= 11 is 5.69. The fraction of sp³-hybridized carbons (Fsp3) is 0. The van der Waals surface area contributed by atoms with E-state index in [-0.39, 0.29) is 5.84 Å². The lowest BCUT2D eigenvalue weighted by atomic mass is 10.2. The lowest BCUT2D eigenvalue weighted by Crippen LogP contribution is -2.13. The van der Waals surface area contributed by atoms with Gasteiger partial charge in [-0.1, -0.05) is 23.7 Å². The van der Waals surface area contributed by atoms with Crippen molar-refractivity contribution in [3.8, 4) is 0 Å². The molecule has 0 bridgehead atoms. The van der Waals surface area contributed by atoms with E-state index in [1.807, 2.05) is 0 Å². The van der Waals surface area contributed by atoms with Crippen molar-refractivity contribution in [2.45, 2.75) is 0 Å². The van der Waals surface area contributed by atoms with Crippen molar-refractivity contribution in [1.29, 1.82) is 0 Å².